The van der Waals surface area contributed by atoms with Gasteiger partial charge in [-0.05, 0) is 46.5 Å². The smallest absolute Gasteiger partial charge is 0.407 e. The molecule has 1 unspecified atom stereocenters. The molecule has 1 fully saturated rings. The van der Waals surface area contributed by atoms with E-state index >= 15 is 0 Å². The Hall–Kier alpha value is -1.26. The van der Waals surface area contributed by atoms with Gasteiger partial charge in [0.15, 0.2) is 0 Å². The van der Waals surface area contributed by atoms with Gasteiger partial charge in [-0.2, -0.15) is 0 Å². The fourth-order valence-corrected chi connectivity index (χ4v) is 2.23. The molecule has 1 atom stereocenters. The summed E-state index contributed by atoms with van der Waals surface area (Å²) in [7, 11) is 0. The number of hydrogen-bond donors (Lipinski definition) is 1. The highest BCUT2D eigenvalue weighted by Crippen LogP contribution is 2.21. The number of esters is 1. The first-order chi connectivity index (χ1) is 8.29. The molecule has 1 heterocycles. The van der Waals surface area contributed by atoms with E-state index in [0.29, 0.717) is 13.0 Å². The lowest BCUT2D eigenvalue weighted by Crippen LogP contribution is -2.43. The van der Waals surface area contributed by atoms with Gasteiger partial charge in [-0.15, -0.1) is 0 Å². The van der Waals surface area contributed by atoms with E-state index in [9.17, 15) is 9.59 Å². The third-order valence-corrected chi connectivity index (χ3v) is 2.97. The number of piperidine rings is 1. The molecular weight excluding hydrogens is 234 g/mol. The first-order valence-corrected chi connectivity index (χ1v) is 6.51. The lowest BCUT2D eigenvalue weighted by atomic mass is 9.98. The van der Waals surface area contributed by atoms with Crippen molar-refractivity contribution in [3.8, 4) is 0 Å². The highest BCUT2D eigenvalue weighted by Gasteiger charge is 2.27. The molecule has 0 saturated carbocycles. The Morgan fingerprint density at radius 2 is 2.00 bits per heavy atom. The number of rotatable bonds is 3. The van der Waals surface area contributed by atoms with Crippen LogP contribution >= 0.6 is 0 Å². The van der Waals surface area contributed by atoms with Gasteiger partial charge in [0.1, 0.15) is 5.60 Å². The van der Waals surface area contributed by atoms with Crippen molar-refractivity contribution in [2.24, 2.45) is 0 Å². The Kier molecular flexibility index (Phi) is 4.99. The van der Waals surface area contributed by atoms with E-state index in [-0.39, 0.29) is 18.4 Å². The molecule has 1 aliphatic rings. The first-order valence-electron chi connectivity index (χ1n) is 6.51. The summed E-state index contributed by atoms with van der Waals surface area (Å²) in [6, 6.07) is -0.0382. The van der Waals surface area contributed by atoms with Crippen LogP contribution in [0, 0.1) is 0 Å². The van der Waals surface area contributed by atoms with Crippen molar-refractivity contribution < 1.29 is 19.4 Å². The molecule has 0 aliphatic carbocycles. The van der Waals surface area contributed by atoms with E-state index in [2.05, 4.69) is 0 Å². The standard InChI is InChI=1S/C13H23NO4/c1-13(2,3)18-11(15)8-7-10-6-4-5-9-14(10)12(16)17/h10H,4-9H2,1-3H3,(H,16,17). The maximum Gasteiger partial charge on any atom is 0.407 e. The van der Waals surface area contributed by atoms with Crippen molar-refractivity contribution in [1.29, 1.82) is 0 Å². The van der Waals surface area contributed by atoms with Crippen LogP contribution in [-0.4, -0.2) is 40.3 Å². The van der Waals surface area contributed by atoms with E-state index in [1.807, 2.05) is 20.8 Å². The van der Waals surface area contributed by atoms with Crippen LogP contribution in [0.4, 0.5) is 4.79 Å². The van der Waals surface area contributed by atoms with Crippen molar-refractivity contribution in [3.63, 3.8) is 0 Å². The number of ether oxygens (including phenoxy) is 1. The maximum atomic E-state index is 11.6. The molecule has 0 aromatic rings. The SMILES string of the molecule is CC(C)(C)OC(=O)CCC1CCCCN1C(=O)O. The van der Waals surface area contributed by atoms with Crippen molar-refractivity contribution in [3.05, 3.63) is 0 Å². The third kappa shape index (κ3) is 4.94. The summed E-state index contributed by atoms with van der Waals surface area (Å²) in [5.41, 5.74) is -0.476. The largest absolute Gasteiger partial charge is 0.465 e. The summed E-state index contributed by atoms with van der Waals surface area (Å²) in [5, 5.41) is 9.07. The number of amides is 1. The van der Waals surface area contributed by atoms with Gasteiger partial charge < -0.3 is 14.7 Å². The lowest BCUT2D eigenvalue weighted by Gasteiger charge is -2.33. The Morgan fingerprint density at radius 3 is 2.56 bits per heavy atom. The molecule has 0 spiro atoms. The number of carboxylic acid groups (broad SMARTS) is 1. The van der Waals surface area contributed by atoms with Gasteiger partial charge in [-0.3, -0.25) is 4.79 Å². The van der Waals surface area contributed by atoms with Gasteiger partial charge in [0, 0.05) is 19.0 Å². The molecular formula is C13H23NO4. The molecule has 1 amide bonds. The Morgan fingerprint density at radius 1 is 1.33 bits per heavy atom. The monoisotopic (exact) mass is 257 g/mol. The normalized spacial score (nSPS) is 20.6. The topological polar surface area (TPSA) is 66.8 Å². The molecule has 0 aromatic heterocycles. The maximum absolute atomic E-state index is 11.6. The Balaban J connectivity index is 2.41. The predicted molar refractivity (Wildman–Crippen MR) is 67.4 cm³/mol. The molecule has 1 N–H and O–H groups in total. The molecule has 0 aromatic carbocycles. The van der Waals surface area contributed by atoms with Crippen LogP contribution < -0.4 is 0 Å². The number of hydrogen-bond acceptors (Lipinski definition) is 3. The Bertz CT molecular complexity index is 309. The van der Waals surface area contributed by atoms with E-state index in [4.69, 9.17) is 9.84 Å². The van der Waals surface area contributed by atoms with Crippen LogP contribution in [0.15, 0.2) is 0 Å². The molecule has 104 valence electrons. The van der Waals surface area contributed by atoms with Crippen LogP contribution in [0.1, 0.15) is 52.9 Å². The van der Waals surface area contributed by atoms with E-state index in [1.165, 1.54) is 4.90 Å². The second-order valence-corrected chi connectivity index (χ2v) is 5.75. The second-order valence-electron chi connectivity index (χ2n) is 5.75. The van der Waals surface area contributed by atoms with Crippen LogP contribution in [0.25, 0.3) is 0 Å². The average Bonchev–Trinajstić information content (AvgIpc) is 2.24. The minimum absolute atomic E-state index is 0.0382. The van der Waals surface area contributed by atoms with Crippen molar-refractivity contribution >= 4 is 12.1 Å². The Labute approximate surface area is 108 Å². The van der Waals surface area contributed by atoms with Gasteiger partial charge in [-0.1, -0.05) is 0 Å². The first kappa shape index (κ1) is 14.8. The van der Waals surface area contributed by atoms with Crippen LogP contribution in [-0.2, 0) is 9.53 Å². The summed E-state index contributed by atoms with van der Waals surface area (Å²) in [6.45, 7) is 6.06. The van der Waals surface area contributed by atoms with Crippen molar-refractivity contribution in [2.45, 2.75) is 64.5 Å². The van der Waals surface area contributed by atoms with Gasteiger partial charge in [0.05, 0.1) is 0 Å². The van der Waals surface area contributed by atoms with Crippen molar-refractivity contribution in [2.75, 3.05) is 6.54 Å². The predicted octanol–water partition coefficient (Wildman–Crippen LogP) is 2.64. The quantitative estimate of drug-likeness (QED) is 0.789. The molecule has 1 aliphatic heterocycles. The number of carbonyl (C=O) groups is 2. The molecule has 0 bridgehead atoms. The molecule has 5 heteroatoms. The summed E-state index contributed by atoms with van der Waals surface area (Å²) < 4.78 is 5.22. The molecule has 0 radical (unpaired) electrons. The minimum atomic E-state index is -0.885. The zero-order valence-electron chi connectivity index (χ0n) is 11.4. The van der Waals surface area contributed by atoms with Gasteiger partial charge in [-0.25, -0.2) is 4.79 Å². The number of carbonyl (C=O) groups excluding carboxylic acids is 1. The summed E-state index contributed by atoms with van der Waals surface area (Å²) in [6.07, 6.45) is 2.74. The summed E-state index contributed by atoms with van der Waals surface area (Å²) >= 11 is 0. The molecule has 1 saturated heterocycles. The fraction of sp³-hybridized carbons (Fsp3) is 0.846. The molecule has 18 heavy (non-hydrogen) atoms. The molecule has 1 rings (SSSR count). The van der Waals surface area contributed by atoms with Crippen LogP contribution in [0.2, 0.25) is 0 Å². The summed E-state index contributed by atoms with van der Waals surface area (Å²) in [4.78, 5) is 24.1. The zero-order valence-corrected chi connectivity index (χ0v) is 11.4. The van der Waals surface area contributed by atoms with Crippen LogP contribution in [0.5, 0.6) is 0 Å². The third-order valence-electron chi connectivity index (χ3n) is 2.97. The van der Waals surface area contributed by atoms with E-state index in [0.717, 1.165) is 19.3 Å². The van der Waals surface area contributed by atoms with Crippen molar-refractivity contribution in [1.82, 2.24) is 4.90 Å². The van der Waals surface area contributed by atoms with Gasteiger partial charge in [0.25, 0.3) is 0 Å². The highest BCUT2D eigenvalue weighted by molar-refractivity contribution is 5.70. The fourth-order valence-electron chi connectivity index (χ4n) is 2.23. The molecule has 5 nitrogen and oxygen atoms in total. The lowest BCUT2D eigenvalue weighted by molar-refractivity contribution is -0.155. The summed E-state index contributed by atoms with van der Waals surface area (Å²) in [5.74, 6) is -0.251. The second kappa shape index (κ2) is 6.07. The van der Waals surface area contributed by atoms with E-state index < -0.39 is 11.7 Å². The minimum Gasteiger partial charge on any atom is -0.465 e. The average molecular weight is 257 g/mol. The van der Waals surface area contributed by atoms with Gasteiger partial charge >= 0.3 is 12.1 Å². The van der Waals surface area contributed by atoms with Gasteiger partial charge in [0.2, 0.25) is 0 Å². The highest BCUT2D eigenvalue weighted by atomic mass is 16.6. The van der Waals surface area contributed by atoms with Crippen LogP contribution in [0.3, 0.4) is 0 Å². The zero-order chi connectivity index (χ0) is 13.8. The number of likely N-dealkylation sites (tertiary alicyclic amines) is 1. The number of nitrogens with zero attached hydrogens (tertiary/aromatic N) is 1. The van der Waals surface area contributed by atoms with E-state index in [1.54, 1.807) is 0 Å².